The fourth-order valence-electron chi connectivity index (χ4n) is 7.86. The predicted molar refractivity (Wildman–Crippen MR) is 203 cm³/mol. The van der Waals surface area contributed by atoms with Crippen LogP contribution in [0.25, 0.3) is 11.0 Å². The van der Waals surface area contributed by atoms with Gasteiger partial charge in [0, 0.05) is 57.4 Å². The fourth-order valence-corrected chi connectivity index (χ4v) is 7.86. The lowest BCUT2D eigenvalue weighted by Gasteiger charge is -2.40. The molecular weight excluding hydrogens is 642 g/mol. The highest BCUT2D eigenvalue weighted by atomic mass is 16.5. The lowest BCUT2D eigenvalue weighted by Crippen LogP contribution is -2.43. The number of fused-ring (bicyclic) bond motifs is 1. The van der Waals surface area contributed by atoms with Crippen molar-refractivity contribution >= 4 is 22.9 Å². The zero-order valence-corrected chi connectivity index (χ0v) is 31.3. The molecule has 2 saturated heterocycles. The van der Waals surface area contributed by atoms with Crippen LogP contribution in [-0.4, -0.2) is 106 Å². The van der Waals surface area contributed by atoms with Crippen LogP contribution in [0.2, 0.25) is 0 Å². The number of carbonyl (C=O) groups is 1. The van der Waals surface area contributed by atoms with Gasteiger partial charge in [0.15, 0.2) is 11.5 Å². The predicted octanol–water partition coefficient (Wildman–Crippen LogP) is 6.56. The number of anilines is 1. The van der Waals surface area contributed by atoms with E-state index in [9.17, 15) is 4.79 Å². The second-order valence-electron chi connectivity index (χ2n) is 13.9. The minimum absolute atomic E-state index is 0.0126. The molecule has 1 aromatic heterocycles. The Labute approximate surface area is 303 Å². The molecule has 2 aliphatic heterocycles. The molecule has 10 nitrogen and oxygen atoms in total. The Morgan fingerprint density at radius 1 is 0.863 bits per heavy atom. The maximum atomic E-state index is 14.0. The van der Waals surface area contributed by atoms with Gasteiger partial charge >= 0.3 is 0 Å². The molecule has 2 atom stereocenters. The quantitative estimate of drug-likeness (QED) is 0.145. The molecule has 3 aromatic carbocycles. The molecule has 0 spiro atoms. The van der Waals surface area contributed by atoms with Crippen LogP contribution in [0.3, 0.4) is 0 Å². The number of imidazole rings is 1. The highest BCUT2D eigenvalue weighted by molar-refractivity contribution is 5.95. The number of hydrogen-bond donors (Lipinski definition) is 0. The molecule has 6 rings (SSSR count). The Balaban J connectivity index is 1.15. The normalized spacial score (nSPS) is 18.5. The van der Waals surface area contributed by atoms with Gasteiger partial charge in [0.1, 0.15) is 0 Å². The first-order valence-electron chi connectivity index (χ1n) is 18.5. The number of aryl methyl sites for hydroxylation is 2. The molecule has 10 heteroatoms. The van der Waals surface area contributed by atoms with Gasteiger partial charge in [0.25, 0.3) is 5.91 Å². The number of likely N-dealkylation sites (tertiary alicyclic amines) is 1. The molecule has 3 heterocycles. The molecule has 4 aromatic rings. The second kappa shape index (κ2) is 16.8. The van der Waals surface area contributed by atoms with E-state index in [0.29, 0.717) is 55.0 Å². The van der Waals surface area contributed by atoms with Gasteiger partial charge in [0.2, 0.25) is 11.7 Å². The smallest absolute Gasteiger partial charge is 0.254 e. The summed E-state index contributed by atoms with van der Waals surface area (Å²) in [6.45, 7) is 15.0. The highest BCUT2D eigenvalue weighted by Gasteiger charge is 2.34. The second-order valence-corrected chi connectivity index (χ2v) is 13.9. The average Bonchev–Trinajstić information content (AvgIpc) is 3.35. The molecule has 0 bridgehead atoms. The van der Waals surface area contributed by atoms with Crippen LogP contribution in [0.1, 0.15) is 59.2 Å². The maximum Gasteiger partial charge on any atom is 0.254 e. The van der Waals surface area contributed by atoms with Crippen LogP contribution in [-0.2, 0) is 11.3 Å². The van der Waals surface area contributed by atoms with Gasteiger partial charge in [-0.15, -0.1) is 0 Å². The lowest BCUT2D eigenvalue weighted by molar-refractivity contribution is 0.0645. The van der Waals surface area contributed by atoms with Crippen molar-refractivity contribution in [2.45, 2.75) is 52.5 Å². The van der Waals surface area contributed by atoms with Crippen LogP contribution in [0, 0.1) is 19.8 Å². The Morgan fingerprint density at radius 3 is 2.37 bits per heavy atom. The zero-order chi connectivity index (χ0) is 35.9. The largest absolute Gasteiger partial charge is 0.493 e. The van der Waals surface area contributed by atoms with Crippen molar-refractivity contribution in [1.82, 2.24) is 19.4 Å². The first kappa shape index (κ1) is 36.5. The maximum absolute atomic E-state index is 14.0. The summed E-state index contributed by atoms with van der Waals surface area (Å²) in [4.78, 5) is 26.2. The monoisotopic (exact) mass is 697 g/mol. The van der Waals surface area contributed by atoms with Crippen LogP contribution >= 0.6 is 0 Å². The van der Waals surface area contributed by atoms with E-state index in [1.165, 1.54) is 22.2 Å². The van der Waals surface area contributed by atoms with Gasteiger partial charge in [-0.2, -0.15) is 0 Å². The number of piperidine rings is 1. The third-order valence-electron chi connectivity index (χ3n) is 10.9. The Morgan fingerprint density at radius 2 is 1.65 bits per heavy atom. The third-order valence-corrected chi connectivity index (χ3v) is 10.9. The number of carbonyl (C=O) groups excluding carboxylic acids is 1. The highest BCUT2D eigenvalue weighted by Crippen LogP contribution is 2.40. The molecule has 1 amide bonds. The summed E-state index contributed by atoms with van der Waals surface area (Å²) in [6.07, 6.45) is 3.14. The first-order chi connectivity index (χ1) is 24.8. The lowest BCUT2D eigenvalue weighted by atomic mass is 9.78. The Hall–Kier alpha value is -4.28. The standard InChI is InChI=1S/C41H55N5O5/c1-7-51-24-23-46-36-12-9-8-11-35(36)42-41(46)44-18-10-17-43(21-22-44)19-15-31-16-20-45(28-34(31)32-14-13-29(2)30(3)25-32)40(47)33-26-37(48-4)39(50-6)38(27-33)49-5/h8-9,11-14,25-27,31,34H,7,10,15-24,28H2,1-6H3. The van der Waals surface area contributed by atoms with Crippen molar-refractivity contribution in [2.75, 3.05) is 85.3 Å². The van der Waals surface area contributed by atoms with Gasteiger partial charge in [-0.3, -0.25) is 4.79 Å². The number of para-hydroxylation sites is 2. The van der Waals surface area contributed by atoms with Crippen molar-refractivity contribution < 1.29 is 23.7 Å². The van der Waals surface area contributed by atoms with E-state index in [-0.39, 0.29) is 11.8 Å². The molecule has 2 fully saturated rings. The van der Waals surface area contributed by atoms with Gasteiger partial charge < -0.3 is 38.2 Å². The Kier molecular flexibility index (Phi) is 12.0. The number of benzene rings is 3. The van der Waals surface area contributed by atoms with Crippen LogP contribution in [0.5, 0.6) is 17.2 Å². The summed E-state index contributed by atoms with van der Waals surface area (Å²) in [7, 11) is 4.73. The molecule has 51 heavy (non-hydrogen) atoms. The molecule has 0 radical (unpaired) electrons. The zero-order valence-electron chi connectivity index (χ0n) is 31.3. The molecule has 274 valence electrons. The van der Waals surface area contributed by atoms with Crippen LogP contribution in [0.15, 0.2) is 54.6 Å². The molecule has 0 saturated carbocycles. The van der Waals surface area contributed by atoms with E-state index in [1.54, 1.807) is 33.5 Å². The van der Waals surface area contributed by atoms with Gasteiger partial charge in [-0.25, -0.2) is 4.98 Å². The van der Waals surface area contributed by atoms with Crippen molar-refractivity contribution in [3.63, 3.8) is 0 Å². The first-order valence-corrected chi connectivity index (χ1v) is 18.5. The third kappa shape index (κ3) is 8.12. The number of rotatable bonds is 13. The van der Waals surface area contributed by atoms with E-state index in [4.69, 9.17) is 23.9 Å². The van der Waals surface area contributed by atoms with E-state index >= 15 is 0 Å². The number of hydrogen-bond acceptors (Lipinski definition) is 8. The average molecular weight is 698 g/mol. The summed E-state index contributed by atoms with van der Waals surface area (Å²) in [5.41, 5.74) is 6.65. The number of ether oxygens (including phenoxy) is 4. The number of amides is 1. The summed E-state index contributed by atoms with van der Waals surface area (Å²) < 4.78 is 24.7. The minimum Gasteiger partial charge on any atom is -0.493 e. The number of nitrogens with zero attached hydrogens (tertiary/aromatic N) is 5. The van der Waals surface area contributed by atoms with E-state index < -0.39 is 0 Å². The molecule has 0 N–H and O–H groups in total. The van der Waals surface area contributed by atoms with E-state index in [0.717, 1.165) is 70.0 Å². The van der Waals surface area contributed by atoms with E-state index in [2.05, 4.69) is 70.7 Å². The summed E-state index contributed by atoms with van der Waals surface area (Å²) in [6, 6.07) is 18.8. The van der Waals surface area contributed by atoms with Crippen LogP contribution < -0.4 is 19.1 Å². The van der Waals surface area contributed by atoms with Crippen molar-refractivity contribution in [1.29, 1.82) is 0 Å². The van der Waals surface area contributed by atoms with Gasteiger partial charge in [-0.05, 0) is 100.0 Å². The molecule has 2 aliphatic rings. The molecular formula is C41H55N5O5. The minimum atomic E-state index is -0.0126. The van der Waals surface area contributed by atoms with Crippen molar-refractivity contribution in [3.05, 3.63) is 76.9 Å². The van der Waals surface area contributed by atoms with Crippen molar-refractivity contribution in [2.24, 2.45) is 5.92 Å². The molecule has 0 aliphatic carbocycles. The topological polar surface area (TPSA) is 81.5 Å². The summed E-state index contributed by atoms with van der Waals surface area (Å²) in [5, 5.41) is 0. The number of methoxy groups -OCH3 is 3. The summed E-state index contributed by atoms with van der Waals surface area (Å²) in [5.74, 6) is 3.22. The van der Waals surface area contributed by atoms with Crippen molar-refractivity contribution in [3.8, 4) is 17.2 Å². The summed E-state index contributed by atoms with van der Waals surface area (Å²) >= 11 is 0. The van der Waals surface area contributed by atoms with Crippen LogP contribution in [0.4, 0.5) is 5.95 Å². The van der Waals surface area contributed by atoms with Gasteiger partial charge in [-0.1, -0.05) is 30.3 Å². The molecule has 2 unspecified atom stereocenters. The Bertz CT molecular complexity index is 1760. The number of aromatic nitrogens is 2. The van der Waals surface area contributed by atoms with E-state index in [1.807, 2.05) is 11.8 Å². The van der Waals surface area contributed by atoms with Gasteiger partial charge in [0.05, 0.1) is 39.0 Å². The fraction of sp³-hybridized carbons (Fsp3) is 0.512. The SMILES string of the molecule is CCOCCn1c(N2CCCN(CCC3CCN(C(=O)c4cc(OC)c(OC)c(OC)c4)CC3c3ccc(C)c(C)c3)CC2)nc2ccccc21.